The summed E-state index contributed by atoms with van der Waals surface area (Å²) in [7, 11) is 0. The monoisotopic (exact) mass is 330 g/mol. The third kappa shape index (κ3) is 4.30. The molecule has 1 saturated heterocycles. The van der Waals surface area contributed by atoms with E-state index < -0.39 is 0 Å². The third-order valence-electron chi connectivity index (χ3n) is 3.31. The molecule has 0 unspecified atom stereocenters. The van der Waals surface area contributed by atoms with E-state index in [9.17, 15) is 9.59 Å². The average Bonchev–Trinajstić information content (AvgIpc) is 2.66. The van der Waals surface area contributed by atoms with Crippen molar-refractivity contribution in [2.24, 2.45) is 5.73 Å². The van der Waals surface area contributed by atoms with E-state index in [1.165, 1.54) is 12.3 Å². The standard InChI is InChI=1S/C13H16Cl2N4O2/c14-10-7-17-11(15)6-9(10)13(21)19-3-1-2-18(4-5-19)8-12(16)20/h6-7H,1-5,8H2,(H2,16,20). The Morgan fingerprint density at radius 2 is 2.00 bits per heavy atom. The van der Waals surface area contributed by atoms with E-state index in [-0.39, 0.29) is 28.5 Å². The Labute approximate surface area is 132 Å². The number of hydrogen-bond acceptors (Lipinski definition) is 4. The number of hydrogen-bond donors (Lipinski definition) is 1. The Kier molecular flexibility index (Phi) is 5.39. The summed E-state index contributed by atoms with van der Waals surface area (Å²) in [5.41, 5.74) is 5.54. The van der Waals surface area contributed by atoms with Gasteiger partial charge in [-0.2, -0.15) is 0 Å². The second kappa shape index (κ2) is 7.06. The lowest BCUT2D eigenvalue weighted by Crippen LogP contribution is -2.38. The van der Waals surface area contributed by atoms with Crippen LogP contribution in [0, 0.1) is 0 Å². The Bertz CT molecular complexity index is 553. The molecule has 2 N–H and O–H groups in total. The smallest absolute Gasteiger partial charge is 0.255 e. The first-order valence-corrected chi connectivity index (χ1v) is 7.34. The van der Waals surface area contributed by atoms with Gasteiger partial charge in [-0.15, -0.1) is 0 Å². The molecular weight excluding hydrogens is 315 g/mol. The SMILES string of the molecule is NC(=O)CN1CCCN(C(=O)c2cc(Cl)ncc2Cl)CC1. The second-order valence-corrected chi connectivity index (χ2v) is 5.67. The molecule has 8 heteroatoms. The Morgan fingerprint density at radius 3 is 2.71 bits per heavy atom. The number of primary amides is 1. The zero-order valence-corrected chi connectivity index (χ0v) is 12.9. The number of nitrogens with zero attached hydrogens (tertiary/aromatic N) is 3. The summed E-state index contributed by atoms with van der Waals surface area (Å²) in [6.07, 6.45) is 2.14. The van der Waals surface area contributed by atoms with Gasteiger partial charge < -0.3 is 10.6 Å². The molecule has 1 aliphatic rings. The van der Waals surface area contributed by atoms with Crippen molar-refractivity contribution >= 4 is 35.0 Å². The van der Waals surface area contributed by atoms with Crippen LogP contribution in [0.25, 0.3) is 0 Å². The molecule has 6 nitrogen and oxygen atoms in total. The molecular formula is C13H16Cl2N4O2. The fourth-order valence-electron chi connectivity index (χ4n) is 2.30. The Balaban J connectivity index is 2.06. The predicted molar refractivity (Wildman–Crippen MR) is 80.4 cm³/mol. The Hall–Kier alpha value is -1.37. The molecule has 0 aliphatic carbocycles. The number of rotatable bonds is 3. The van der Waals surface area contributed by atoms with Crippen molar-refractivity contribution in [3.05, 3.63) is 28.0 Å². The van der Waals surface area contributed by atoms with Gasteiger partial charge in [0.15, 0.2) is 0 Å². The highest BCUT2D eigenvalue weighted by atomic mass is 35.5. The number of halogens is 2. The molecule has 1 fully saturated rings. The molecule has 2 rings (SSSR count). The van der Waals surface area contributed by atoms with E-state index in [1.807, 2.05) is 4.90 Å². The topological polar surface area (TPSA) is 79.5 Å². The number of carbonyl (C=O) groups excluding carboxylic acids is 2. The fraction of sp³-hybridized carbons (Fsp3) is 0.462. The summed E-state index contributed by atoms with van der Waals surface area (Å²) in [6.45, 7) is 2.67. The summed E-state index contributed by atoms with van der Waals surface area (Å²) < 4.78 is 0. The first-order valence-electron chi connectivity index (χ1n) is 6.58. The van der Waals surface area contributed by atoms with Crippen molar-refractivity contribution in [2.45, 2.75) is 6.42 Å². The van der Waals surface area contributed by atoms with E-state index >= 15 is 0 Å². The normalized spacial score (nSPS) is 16.6. The van der Waals surface area contributed by atoms with Crippen molar-refractivity contribution in [2.75, 3.05) is 32.7 Å². The van der Waals surface area contributed by atoms with Gasteiger partial charge in [-0.1, -0.05) is 23.2 Å². The zero-order valence-electron chi connectivity index (χ0n) is 11.4. The third-order valence-corrected chi connectivity index (χ3v) is 3.82. The molecule has 1 aliphatic heterocycles. The molecule has 1 aromatic rings. The van der Waals surface area contributed by atoms with Crippen LogP contribution < -0.4 is 5.73 Å². The number of pyridine rings is 1. The van der Waals surface area contributed by atoms with Gasteiger partial charge in [-0.05, 0) is 12.5 Å². The fourth-order valence-corrected chi connectivity index (χ4v) is 2.64. The summed E-state index contributed by atoms with van der Waals surface area (Å²) in [6, 6.07) is 1.47. The van der Waals surface area contributed by atoms with Crippen LogP contribution >= 0.6 is 23.2 Å². The maximum Gasteiger partial charge on any atom is 0.255 e. The number of carbonyl (C=O) groups is 2. The van der Waals surface area contributed by atoms with Crippen molar-refractivity contribution in [1.82, 2.24) is 14.8 Å². The van der Waals surface area contributed by atoms with Gasteiger partial charge in [0.1, 0.15) is 5.15 Å². The van der Waals surface area contributed by atoms with Crippen LogP contribution in [-0.4, -0.2) is 59.3 Å². The van der Waals surface area contributed by atoms with Crippen LogP contribution in [-0.2, 0) is 4.79 Å². The van der Waals surface area contributed by atoms with Crippen molar-refractivity contribution in [3.63, 3.8) is 0 Å². The van der Waals surface area contributed by atoms with E-state index in [4.69, 9.17) is 28.9 Å². The highest BCUT2D eigenvalue weighted by Gasteiger charge is 2.22. The lowest BCUT2D eigenvalue weighted by molar-refractivity contribution is -0.119. The first kappa shape index (κ1) is 16.0. The van der Waals surface area contributed by atoms with Crippen molar-refractivity contribution < 1.29 is 9.59 Å². The van der Waals surface area contributed by atoms with Gasteiger partial charge in [0.05, 0.1) is 17.1 Å². The van der Waals surface area contributed by atoms with Gasteiger partial charge in [-0.3, -0.25) is 14.5 Å². The van der Waals surface area contributed by atoms with Gasteiger partial charge in [0.2, 0.25) is 5.91 Å². The summed E-state index contributed by atoms with van der Waals surface area (Å²) >= 11 is 11.8. The maximum absolute atomic E-state index is 12.5. The molecule has 2 amide bonds. The van der Waals surface area contributed by atoms with Crippen LogP contribution in [0.3, 0.4) is 0 Å². The van der Waals surface area contributed by atoms with Crippen LogP contribution in [0.5, 0.6) is 0 Å². The molecule has 0 radical (unpaired) electrons. The minimum atomic E-state index is -0.362. The van der Waals surface area contributed by atoms with Crippen molar-refractivity contribution in [3.8, 4) is 0 Å². The van der Waals surface area contributed by atoms with E-state index in [2.05, 4.69) is 4.98 Å². The highest BCUT2D eigenvalue weighted by Crippen LogP contribution is 2.20. The molecule has 0 bridgehead atoms. The van der Waals surface area contributed by atoms with Crippen molar-refractivity contribution in [1.29, 1.82) is 0 Å². The van der Waals surface area contributed by atoms with Gasteiger partial charge in [0.25, 0.3) is 5.91 Å². The summed E-state index contributed by atoms with van der Waals surface area (Å²) in [5, 5.41) is 0.510. The molecule has 0 spiro atoms. The average molecular weight is 331 g/mol. The second-order valence-electron chi connectivity index (χ2n) is 4.88. The largest absolute Gasteiger partial charge is 0.369 e. The molecule has 1 aromatic heterocycles. The summed E-state index contributed by atoms with van der Waals surface area (Å²) in [4.78, 5) is 30.9. The lowest BCUT2D eigenvalue weighted by atomic mass is 10.2. The molecule has 114 valence electrons. The van der Waals surface area contributed by atoms with E-state index in [0.717, 1.165) is 13.0 Å². The van der Waals surface area contributed by atoms with Gasteiger partial charge >= 0.3 is 0 Å². The van der Waals surface area contributed by atoms with Crippen LogP contribution in [0.15, 0.2) is 12.3 Å². The predicted octanol–water partition coefficient (Wildman–Crippen LogP) is 1.02. The molecule has 21 heavy (non-hydrogen) atoms. The minimum absolute atomic E-state index is 0.176. The molecule has 0 atom stereocenters. The number of amides is 2. The molecule has 0 aromatic carbocycles. The zero-order chi connectivity index (χ0) is 15.4. The van der Waals surface area contributed by atoms with Gasteiger partial charge in [0, 0.05) is 32.4 Å². The Morgan fingerprint density at radius 1 is 1.24 bits per heavy atom. The molecule has 2 heterocycles. The van der Waals surface area contributed by atoms with Crippen LogP contribution in [0.4, 0.5) is 0 Å². The molecule has 0 saturated carbocycles. The first-order chi connectivity index (χ1) is 9.97. The number of aromatic nitrogens is 1. The highest BCUT2D eigenvalue weighted by molar-refractivity contribution is 6.35. The van der Waals surface area contributed by atoms with Crippen LogP contribution in [0.2, 0.25) is 10.2 Å². The minimum Gasteiger partial charge on any atom is -0.369 e. The quantitative estimate of drug-likeness (QED) is 0.839. The number of nitrogens with two attached hydrogens (primary N) is 1. The van der Waals surface area contributed by atoms with Crippen LogP contribution in [0.1, 0.15) is 16.8 Å². The van der Waals surface area contributed by atoms with Gasteiger partial charge in [-0.25, -0.2) is 4.98 Å². The van der Waals surface area contributed by atoms with E-state index in [1.54, 1.807) is 4.90 Å². The summed E-state index contributed by atoms with van der Waals surface area (Å²) in [5.74, 6) is -0.538. The maximum atomic E-state index is 12.5. The lowest BCUT2D eigenvalue weighted by Gasteiger charge is -2.21. The van der Waals surface area contributed by atoms with E-state index in [0.29, 0.717) is 25.2 Å².